The van der Waals surface area contributed by atoms with Crippen LogP contribution in [0.3, 0.4) is 0 Å². The minimum Gasteiger partial charge on any atom is -0.118 e. The Hall–Kier alpha value is -0.490. The predicted molar refractivity (Wildman–Crippen MR) is 66.6 cm³/mol. The Morgan fingerprint density at radius 3 is 2.73 bits per heavy atom. The second-order valence-corrected chi connectivity index (χ2v) is 5.52. The second-order valence-electron chi connectivity index (χ2n) is 5.00. The van der Waals surface area contributed by atoms with Gasteiger partial charge in [-0.15, -0.1) is 11.6 Å². The lowest BCUT2D eigenvalue weighted by molar-refractivity contribution is 0.503. The summed E-state index contributed by atoms with van der Waals surface area (Å²) in [6.45, 7) is 6.68. The van der Waals surface area contributed by atoms with Crippen molar-refractivity contribution in [3.63, 3.8) is 0 Å². The third-order valence-electron chi connectivity index (χ3n) is 3.49. The van der Waals surface area contributed by atoms with Crippen LogP contribution in [-0.2, 0) is 6.42 Å². The minimum atomic E-state index is 0.219. The van der Waals surface area contributed by atoms with Crippen LogP contribution < -0.4 is 0 Å². The first-order valence-electron chi connectivity index (χ1n) is 5.82. The number of fused-ring (bicyclic) bond motifs is 1. The molecule has 0 fully saturated rings. The summed E-state index contributed by atoms with van der Waals surface area (Å²) in [7, 11) is 0. The van der Waals surface area contributed by atoms with Gasteiger partial charge in [0.25, 0.3) is 0 Å². The third kappa shape index (κ3) is 2.20. The highest BCUT2D eigenvalue weighted by Crippen LogP contribution is 2.37. The Bertz CT molecular complexity index is 368. The summed E-state index contributed by atoms with van der Waals surface area (Å²) in [5.41, 5.74) is 5.65. The molecule has 2 rings (SSSR count). The van der Waals surface area contributed by atoms with Gasteiger partial charge in [0.2, 0.25) is 0 Å². The standard InChI is InChI=1S/C14H19Cl/c1-9-4-5-12-11(3)6-10(2)7-13(12)14(15)8-9/h6-7,9,14H,4-5,8H2,1-3H3. The molecule has 0 aliphatic heterocycles. The molecule has 1 aliphatic carbocycles. The molecule has 2 unspecified atom stereocenters. The van der Waals surface area contributed by atoms with Gasteiger partial charge >= 0.3 is 0 Å². The fourth-order valence-corrected chi connectivity index (χ4v) is 3.14. The quantitative estimate of drug-likeness (QED) is 0.446. The van der Waals surface area contributed by atoms with E-state index in [1.54, 1.807) is 0 Å². The molecule has 0 saturated heterocycles. The van der Waals surface area contributed by atoms with Crippen LogP contribution in [0.2, 0.25) is 0 Å². The van der Waals surface area contributed by atoms with Crippen LogP contribution in [-0.4, -0.2) is 0 Å². The zero-order valence-corrected chi connectivity index (χ0v) is 10.6. The maximum Gasteiger partial charge on any atom is 0.0590 e. The first kappa shape index (κ1) is 11.0. The molecule has 0 saturated carbocycles. The SMILES string of the molecule is Cc1cc(C)c2c(c1)C(Cl)CC(C)CC2. The largest absolute Gasteiger partial charge is 0.118 e. The van der Waals surface area contributed by atoms with E-state index in [2.05, 4.69) is 32.9 Å². The van der Waals surface area contributed by atoms with Gasteiger partial charge in [0.1, 0.15) is 0 Å². The molecule has 0 spiro atoms. The lowest BCUT2D eigenvalue weighted by atomic mass is 9.95. The van der Waals surface area contributed by atoms with Crippen molar-refractivity contribution in [1.82, 2.24) is 0 Å². The van der Waals surface area contributed by atoms with Gasteiger partial charge in [0.15, 0.2) is 0 Å². The minimum absolute atomic E-state index is 0.219. The number of rotatable bonds is 0. The van der Waals surface area contributed by atoms with Gasteiger partial charge in [-0.1, -0.05) is 24.6 Å². The average Bonchev–Trinajstić information content (AvgIpc) is 2.27. The Labute approximate surface area is 97.6 Å². The van der Waals surface area contributed by atoms with E-state index in [0.717, 1.165) is 12.3 Å². The van der Waals surface area contributed by atoms with Gasteiger partial charge in [-0.05, 0) is 55.7 Å². The number of aryl methyl sites for hydroxylation is 2. The molecule has 1 heteroatoms. The molecule has 15 heavy (non-hydrogen) atoms. The van der Waals surface area contributed by atoms with Crippen molar-refractivity contribution in [3.8, 4) is 0 Å². The van der Waals surface area contributed by atoms with Crippen LogP contribution in [0, 0.1) is 19.8 Å². The molecule has 0 nitrogen and oxygen atoms in total. The highest BCUT2D eigenvalue weighted by Gasteiger charge is 2.21. The summed E-state index contributed by atoms with van der Waals surface area (Å²) in [6, 6.07) is 4.55. The summed E-state index contributed by atoms with van der Waals surface area (Å²) in [6.07, 6.45) is 3.60. The fourth-order valence-electron chi connectivity index (χ4n) is 2.64. The summed E-state index contributed by atoms with van der Waals surface area (Å²) >= 11 is 6.49. The topological polar surface area (TPSA) is 0 Å². The molecule has 0 aromatic heterocycles. The van der Waals surface area contributed by atoms with Crippen molar-refractivity contribution < 1.29 is 0 Å². The molecule has 1 aromatic carbocycles. The molecule has 1 aromatic rings. The first-order chi connectivity index (χ1) is 7.08. The van der Waals surface area contributed by atoms with Crippen molar-refractivity contribution in [1.29, 1.82) is 0 Å². The molecule has 1 aliphatic rings. The maximum absolute atomic E-state index is 6.49. The molecule has 0 amide bonds. The number of hydrogen-bond acceptors (Lipinski definition) is 0. The van der Waals surface area contributed by atoms with Gasteiger partial charge in [-0.2, -0.15) is 0 Å². The van der Waals surface area contributed by atoms with E-state index in [4.69, 9.17) is 11.6 Å². The molecular formula is C14H19Cl. The maximum atomic E-state index is 6.49. The smallest absolute Gasteiger partial charge is 0.0590 e. The van der Waals surface area contributed by atoms with E-state index in [1.165, 1.54) is 35.1 Å². The molecule has 0 heterocycles. The van der Waals surface area contributed by atoms with Gasteiger partial charge in [0.05, 0.1) is 5.38 Å². The van der Waals surface area contributed by atoms with Crippen LogP contribution in [0.1, 0.15) is 47.4 Å². The van der Waals surface area contributed by atoms with E-state index in [0.29, 0.717) is 0 Å². The molecule has 82 valence electrons. The first-order valence-corrected chi connectivity index (χ1v) is 6.25. The third-order valence-corrected chi connectivity index (χ3v) is 3.90. The van der Waals surface area contributed by atoms with Crippen LogP contribution >= 0.6 is 11.6 Å². The zero-order chi connectivity index (χ0) is 11.0. The van der Waals surface area contributed by atoms with Gasteiger partial charge in [0, 0.05) is 0 Å². The molecule has 0 N–H and O–H groups in total. The normalized spacial score (nSPS) is 25.9. The summed E-state index contributed by atoms with van der Waals surface area (Å²) in [4.78, 5) is 0. The van der Waals surface area contributed by atoms with E-state index in [-0.39, 0.29) is 5.38 Å². The number of benzene rings is 1. The van der Waals surface area contributed by atoms with Crippen molar-refractivity contribution in [2.75, 3.05) is 0 Å². The van der Waals surface area contributed by atoms with Crippen LogP contribution in [0.15, 0.2) is 12.1 Å². The lowest BCUT2D eigenvalue weighted by Gasteiger charge is -2.14. The summed E-state index contributed by atoms with van der Waals surface area (Å²) in [5.74, 6) is 0.750. The summed E-state index contributed by atoms with van der Waals surface area (Å²) < 4.78 is 0. The Morgan fingerprint density at radius 1 is 1.27 bits per heavy atom. The fraction of sp³-hybridized carbons (Fsp3) is 0.571. The van der Waals surface area contributed by atoms with E-state index < -0.39 is 0 Å². The zero-order valence-electron chi connectivity index (χ0n) is 9.81. The van der Waals surface area contributed by atoms with Gasteiger partial charge < -0.3 is 0 Å². The molecule has 0 bridgehead atoms. The molecule has 0 radical (unpaired) electrons. The highest BCUT2D eigenvalue weighted by molar-refractivity contribution is 6.21. The van der Waals surface area contributed by atoms with Crippen molar-refractivity contribution >= 4 is 11.6 Å². The number of alkyl halides is 1. The van der Waals surface area contributed by atoms with Gasteiger partial charge in [-0.3, -0.25) is 0 Å². The van der Waals surface area contributed by atoms with Crippen molar-refractivity contribution in [2.45, 2.75) is 45.4 Å². The Balaban J connectivity index is 2.48. The van der Waals surface area contributed by atoms with Crippen LogP contribution in [0.4, 0.5) is 0 Å². The van der Waals surface area contributed by atoms with Crippen LogP contribution in [0.25, 0.3) is 0 Å². The van der Waals surface area contributed by atoms with E-state index >= 15 is 0 Å². The van der Waals surface area contributed by atoms with Crippen molar-refractivity contribution in [2.24, 2.45) is 5.92 Å². The average molecular weight is 223 g/mol. The van der Waals surface area contributed by atoms with E-state index in [1.807, 2.05) is 0 Å². The molecule has 2 atom stereocenters. The Kier molecular flexibility index (Phi) is 3.06. The number of hydrogen-bond donors (Lipinski definition) is 0. The van der Waals surface area contributed by atoms with Crippen LogP contribution in [0.5, 0.6) is 0 Å². The van der Waals surface area contributed by atoms with Gasteiger partial charge in [-0.25, -0.2) is 0 Å². The molecular weight excluding hydrogens is 204 g/mol. The highest BCUT2D eigenvalue weighted by atomic mass is 35.5. The summed E-state index contributed by atoms with van der Waals surface area (Å²) in [5, 5.41) is 0.219. The monoisotopic (exact) mass is 222 g/mol. The Morgan fingerprint density at radius 2 is 2.00 bits per heavy atom. The lowest BCUT2D eigenvalue weighted by Crippen LogP contribution is -1.98. The second kappa shape index (κ2) is 4.17. The predicted octanol–water partition coefficient (Wildman–Crippen LogP) is 4.56. The number of halogens is 1. The van der Waals surface area contributed by atoms with E-state index in [9.17, 15) is 0 Å². The van der Waals surface area contributed by atoms with Crippen molar-refractivity contribution in [3.05, 3.63) is 34.4 Å².